The van der Waals surface area contributed by atoms with Crippen LogP contribution in [0, 0.1) is 13.8 Å². The molecule has 0 bridgehead atoms. The molecule has 0 saturated carbocycles. The number of carbonyl (C=O) groups is 2. The summed E-state index contributed by atoms with van der Waals surface area (Å²) in [6.45, 7) is 5.28. The Bertz CT molecular complexity index is 885. The standard InChI is InChI=1S/C24H31N3O3/c1-17-6-5-7-22(18(17)2)30-16-23(28)25-20-12-14-27(15-13-20)24(29)19-8-10-21(11-9-19)26(3)4/h5-11,20H,12-16H2,1-4H3,(H,25,28). The molecule has 0 aromatic heterocycles. The molecule has 0 atom stereocenters. The maximum absolute atomic E-state index is 12.7. The molecular formula is C24H31N3O3. The fraction of sp³-hybridized carbons (Fsp3) is 0.417. The van der Waals surface area contributed by atoms with E-state index in [1.807, 2.05) is 80.2 Å². The number of hydrogen-bond acceptors (Lipinski definition) is 4. The van der Waals surface area contributed by atoms with Gasteiger partial charge in [-0.2, -0.15) is 0 Å². The summed E-state index contributed by atoms with van der Waals surface area (Å²) in [6.07, 6.45) is 1.49. The number of anilines is 1. The lowest BCUT2D eigenvalue weighted by molar-refractivity contribution is -0.124. The van der Waals surface area contributed by atoms with Crippen LogP contribution in [0.25, 0.3) is 0 Å². The monoisotopic (exact) mass is 409 g/mol. The Kier molecular flexibility index (Phi) is 6.98. The molecule has 1 saturated heterocycles. The maximum atomic E-state index is 12.7. The normalized spacial score (nSPS) is 14.3. The van der Waals surface area contributed by atoms with Gasteiger partial charge in [0.2, 0.25) is 0 Å². The Hall–Kier alpha value is -3.02. The van der Waals surface area contributed by atoms with Crippen molar-refractivity contribution in [2.75, 3.05) is 38.7 Å². The van der Waals surface area contributed by atoms with Crippen molar-refractivity contribution in [1.29, 1.82) is 0 Å². The van der Waals surface area contributed by atoms with Gasteiger partial charge in [-0.05, 0) is 68.1 Å². The number of likely N-dealkylation sites (tertiary alicyclic amines) is 1. The molecule has 1 aliphatic rings. The van der Waals surface area contributed by atoms with Crippen molar-refractivity contribution >= 4 is 17.5 Å². The van der Waals surface area contributed by atoms with E-state index in [0.29, 0.717) is 18.7 Å². The number of rotatable bonds is 6. The van der Waals surface area contributed by atoms with E-state index in [2.05, 4.69) is 5.32 Å². The van der Waals surface area contributed by atoms with Gasteiger partial charge in [0.1, 0.15) is 5.75 Å². The topological polar surface area (TPSA) is 61.9 Å². The van der Waals surface area contributed by atoms with Crippen LogP contribution in [0.3, 0.4) is 0 Å². The van der Waals surface area contributed by atoms with Crippen molar-refractivity contribution in [2.45, 2.75) is 32.7 Å². The Morgan fingerprint density at radius 2 is 1.73 bits per heavy atom. The lowest BCUT2D eigenvalue weighted by Gasteiger charge is -2.32. The SMILES string of the molecule is Cc1cccc(OCC(=O)NC2CCN(C(=O)c3ccc(N(C)C)cc3)CC2)c1C. The summed E-state index contributed by atoms with van der Waals surface area (Å²) in [4.78, 5) is 28.9. The van der Waals surface area contributed by atoms with Gasteiger partial charge < -0.3 is 19.9 Å². The molecule has 0 aliphatic carbocycles. The van der Waals surface area contributed by atoms with Crippen LogP contribution in [0.2, 0.25) is 0 Å². The van der Waals surface area contributed by atoms with E-state index in [0.717, 1.165) is 35.4 Å². The molecule has 1 fully saturated rings. The predicted molar refractivity (Wildman–Crippen MR) is 119 cm³/mol. The van der Waals surface area contributed by atoms with E-state index in [1.54, 1.807) is 0 Å². The number of ether oxygens (including phenoxy) is 1. The number of hydrogen-bond donors (Lipinski definition) is 1. The van der Waals surface area contributed by atoms with E-state index >= 15 is 0 Å². The van der Waals surface area contributed by atoms with E-state index in [1.165, 1.54) is 0 Å². The highest BCUT2D eigenvalue weighted by Gasteiger charge is 2.24. The molecule has 2 amide bonds. The number of benzene rings is 2. The zero-order valence-corrected chi connectivity index (χ0v) is 18.3. The summed E-state index contributed by atoms with van der Waals surface area (Å²) >= 11 is 0. The fourth-order valence-electron chi connectivity index (χ4n) is 3.60. The van der Waals surface area contributed by atoms with Crippen LogP contribution in [-0.4, -0.2) is 56.5 Å². The molecule has 1 heterocycles. The number of nitrogens with zero attached hydrogens (tertiary/aromatic N) is 2. The highest BCUT2D eigenvalue weighted by molar-refractivity contribution is 5.94. The van der Waals surface area contributed by atoms with Gasteiger partial charge in [-0.25, -0.2) is 0 Å². The first kappa shape index (κ1) is 21.7. The molecule has 2 aromatic carbocycles. The summed E-state index contributed by atoms with van der Waals surface area (Å²) in [5, 5.41) is 3.03. The Labute approximate surface area is 178 Å². The van der Waals surface area contributed by atoms with Gasteiger partial charge in [-0.3, -0.25) is 9.59 Å². The largest absolute Gasteiger partial charge is 0.483 e. The second kappa shape index (κ2) is 9.65. The Morgan fingerprint density at radius 1 is 1.07 bits per heavy atom. The van der Waals surface area contributed by atoms with Gasteiger partial charge >= 0.3 is 0 Å². The number of piperidine rings is 1. The summed E-state index contributed by atoms with van der Waals surface area (Å²) in [7, 11) is 3.95. The quantitative estimate of drug-likeness (QED) is 0.796. The minimum absolute atomic E-state index is 0.00165. The second-order valence-electron chi connectivity index (χ2n) is 8.06. The van der Waals surface area contributed by atoms with Gasteiger partial charge in [0.25, 0.3) is 11.8 Å². The van der Waals surface area contributed by atoms with E-state index in [4.69, 9.17) is 4.74 Å². The fourth-order valence-corrected chi connectivity index (χ4v) is 3.60. The molecule has 3 rings (SSSR count). The lowest BCUT2D eigenvalue weighted by atomic mass is 10.0. The number of amides is 2. The van der Waals surface area contributed by atoms with Crippen LogP contribution in [-0.2, 0) is 4.79 Å². The van der Waals surface area contributed by atoms with E-state index in [-0.39, 0.29) is 24.5 Å². The Morgan fingerprint density at radius 3 is 2.37 bits per heavy atom. The molecule has 0 radical (unpaired) electrons. The van der Waals surface area contributed by atoms with Gasteiger partial charge in [0, 0.05) is 44.5 Å². The van der Waals surface area contributed by atoms with E-state index < -0.39 is 0 Å². The molecule has 160 valence electrons. The minimum atomic E-state index is -0.125. The van der Waals surface area contributed by atoms with Crippen LogP contribution in [0.5, 0.6) is 5.75 Å². The van der Waals surface area contributed by atoms with Crippen molar-refractivity contribution in [2.24, 2.45) is 0 Å². The zero-order chi connectivity index (χ0) is 21.7. The summed E-state index contributed by atoms with van der Waals surface area (Å²) < 4.78 is 5.68. The molecule has 6 nitrogen and oxygen atoms in total. The average molecular weight is 410 g/mol. The molecule has 30 heavy (non-hydrogen) atoms. The third kappa shape index (κ3) is 5.32. The zero-order valence-electron chi connectivity index (χ0n) is 18.3. The third-order valence-electron chi connectivity index (χ3n) is 5.69. The van der Waals surface area contributed by atoms with Crippen molar-refractivity contribution in [1.82, 2.24) is 10.2 Å². The van der Waals surface area contributed by atoms with E-state index in [9.17, 15) is 9.59 Å². The van der Waals surface area contributed by atoms with Gasteiger partial charge in [0.15, 0.2) is 6.61 Å². The predicted octanol–water partition coefficient (Wildman–Crippen LogP) is 3.17. The first-order valence-corrected chi connectivity index (χ1v) is 10.4. The lowest BCUT2D eigenvalue weighted by Crippen LogP contribution is -2.47. The van der Waals surface area contributed by atoms with Crippen LogP contribution in [0.15, 0.2) is 42.5 Å². The molecule has 2 aromatic rings. The van der Waals surface area contributed by atoms with Crippen molar-refractivity contribution < 1.29 is 14.3 Å². The number of nitrogens with one attached hydrogen (secondary N) is 1. The smallest absolute Gasteiger partial charge is 0.258 e. The van der Waals surface area contributed by atoms with Crippen molar-refractivity contribution in [3.8, 4) is 5.75 Å². The molecular weight excluding hydrogens is 378 g/mol. The minimum Gasteiger partial charge on any atom is -0.483 e. The first-order chi connectivity index (χ1) is 14.3. The van der Waals surface area contributed by atoms with Crippen LogP contribution < -0.4 is 15.0 Å². The first-order valence-electron chi connectivity index (χ1n) is 10.4. The van der Waals surface area contributed by atoms with Crippen molar-refractivity contribution in [3.63, 3.8) is 0 Å². The van der Waals surface area contributed by atoms with Gasteiger partial charge in [0.05, 0.1) is 0 Å². The molecule has 0 spiro atoms. The molecule has 1 aliphatic heterocycles. The van der Waals surface area contributed by atoms with Crippen LogP contribution >= 0.6 is 0 Å². The van der Waals surface area contributed by atoms with Crippen molar-refractivity contribution in [3.05, 3.63) is 59.2 Å². The second-order valence-corrected chi connectivity index (χ2v) is 8.06. The maximum Gasteiger partial charge on any atom is 0.258 e. The third-order valence-corrected chi connectivity index (χ3v) is 5.69. The van der Waals surface area contributed by atoms with Crippen LogP contribution in [0.1, 0.15) is 34.3 Å². The highest BCUT2D eigenvalue weighted by atomic mass is 16.5. The van der Waals surface area contributed by atoms with Gasteiger partial charge in [-0.1, -0.05) is 12.1 Å². The van der Waals surface area contributed by atoms with Gasteiger partial charge in [-0.15, -0.1) is 0 Å². The molecule has 0 unspecified atom stereocenters. The molecule has 6 heteroatoms. The summed E-state index contributed by atoms with van der Waals surface area (Å²) in [5.74, 6) is 0.661. The molecule has 1 N–H and O–H groups in total. The average Bonchev–Trinajstić information content (AvgIpc) is 2.75. The van der Waals surface area contributed by atoms with Crippen LogP contribution in [0.4, 0.5) is 5.69 Å². The summed E-state index contributed by atoms with van der Waals surface area (Å²) in [6, 6.07) is 13.5. The number of aryl methyl sites for hydroxylation is 1. The summed E-state index contributed by atoms with van der Waals surface area (Å²) in [5.41, 5.74) is 3.96. The number of carbonyl (C=O) groups excluding carboxylic acids is 2. The highest BCUT2D eigenvalue weighted by Crippen LogP contribution is 2.21. The Balaban J connectivity index is 1.45.